The zero-order valence-electron chi connectivity index (χ0n) is 20.1. The number of aliphatic carboxylic acids is 1. The van der Waals surface area contributed by atoms with Crippen molar-refractivity contribution in [2.24, 2.45) is 13.0 Å². The summed E-state index contributed by atoms with van der Waals surface area (Å²) in [5.74, 6) is 0.236. The predicted molar refractivity (Wildman–Crippen MR) is 136 cm³/mol. The van der Waals surface area contributed by atoms with Crippen LogP contribution in [0.1, 0.15) is 32.1 Å². The van der Waals surface area contributed by atoms with E-state index in [2.05, 4.69) is 9.97 Å². The van der Waals surface area contributed by atoms with E-state index in [0.29, 0.717) is 17.3 Å². The van der Waals surface area contributed by atoms with Gasteiger partial charge in [-0.2, -0.15) is 0 Å². The Morgan fingerprint density at radius 2 is 1.72 bits per heavy atom. The quantitative estimate of drug-likeness (QED) is 0.329. The van der Waals surface area contributed by atoms with Crippen molar-refractivity contribution in [2.45, 2.75) is 38.2 Å². The maximum atomic E-state index is 15.2. The number of pyridine rings is 1. The van der Waals surface area contributed by atoms with E-state index in [1.807, 2.05) is 54.1 Å². The van der Waals surface area contributed by atoms with Crippen LogP contribution in [0.25, 0.3) is 33.8 Å². The first-order valence-electron chi connectivity index (χ1n) is 12.2. The minimum Gasteiger partial charge on any atom is -0.481 e. The van der Waals surface area contributed by atoms with Crippen LogP contribution in [0, 0.1) is 11.7 Å². The number of rotatable bonds is 7. The fourth-order valence-electron chi connectivity index (χ4n) is 4.91. The van der Waals surface area contributed by atoms with Gasteiger partial charge in [0.1, 0.15) is 17.7 Å². The van der Waals surface area contributed by atoms with Crippen LogP contribution in [0.15, 0.2) is 73.1 Å². The van der Waals surface area contributed by atoms with Gasteiger partial charge in [-0.15, -0.1) is 0 Å². The Kier molecular flexibility index (Phi) is 6.80. The van der Waals surface area contributed by atoms with Crippen LogP contribution in [0.3, 0.4) is 0 Å². The van der Waals surface area contributed by atoms with Crippen LogP contribution in [-0.2, 0) is 11.8 Å². The molecule has 2 heterocycles. The lowest BCUT2D eigenvalue weighted by Gasteiger charge is -2.27. The molecule has 0 saturated heterocycles. The number of halogens is 1. The number of carbonyl (C=O) groups is 1. The first kappa shape index (κ1) is 23.7. The van der Waals surface area contributed by atoms with Gasteiger partial charge in [0.05, 0.1) is 17.5 Å². The Balaban J connectivity index is 1.27. The lowest BCUT2D eigenvalue weighted by Crippen LogP contribution is -2.25. The van der Waals surface area contributed by atoms with Crippen molar-refractivity contribution in [3.63, 3.8) is 0 Å². The van der Waals surface area contributed by atoms with Gasteiger partial charge in [-0.05, 0) is 60.9 Å². The summed E-state index contributed by atoms with van der Waals surface area (Å²) in [4.78, 5) is 19.8. The number of nitrogens with zero attached hydrogens (tertiary/aromatic N) is 3. The molecule has 0 aliphatic heterocycles. The van der Waals surface area contributed by atoms with Gasteiger partial charge in [-0.1, -0.05) is 36.4 Å². The fourth-order valence-corrected chi connectivity index (χ4v) is 4.91. The molecule has 0 atom stereocenters. The molecule has 36 heavy (non-hydrogen) atoms. The molecule has 0 radical (unpaired) electrons. The van der Waals surface area contributed by atoms with Gasteiger partial charge in [0.15, 0.2) is 0 Å². The number of imidazole rings is 1. The van der Waals surface area contributed by atoms with Crippen LogP contribution in [0.5, 0.6) is 5.88 Å². The normalized spacial score (nSPS) is 17.6. The second-order valence-corrected chi connectivity index (χ2v) is 9.33. The Morgan fingerprint density at radius 1 is 0.972 bits per heavy atom. The highest BCUT2D eigenvalue weighted by Crippen LogP contribution is 2.32. The summed E-state index contributed by atoms with van der Waals surface area (Å²) in [6, 6.07) is 18.7. The van der Waals surface area contributed by atoms with Crippen LogP contribution in [-0.4, -0.2) is 31.7 Å². The molecule has 2 aromatic carbocycles. The lowest BCUT2D eigenvalue weighted by atomic mass is 9.85. The van der Waals surface area contributed by atoms with Crippen LogP contribution in [0.4, 0.5) is 4.39 Å². The van der Waals surface area contributed by atoms with Crippen LogP contribution in [0.2, 0.25) is 0 Å². The number of hydrogen-bond acceptors (Lipinski definition) is 4. The van der Waals surface area contributed by atoms with Gasteiger partial charge in [0.2, 0.25) is 5.88 Å². The minimum atomic E-state index is -0.738. The van der Waals surface area contributed by atoms with Gasteiger partial charge in [-0.3, -0.25) is 4.79 Å². The van der Waals surface area contributed by atoms with Crippen molar-refractivity contribution in [2.75, 3.05) is 0 Å². The number of carboxylic acids is 1. The monoisotopic (exact) mass is 485 g/mol. The predicted octanol–water partition coefficient (Wildman–Crippen LogP) is 6.37. The van der Waals surface area contributed by atoms with E-state index in [1.54, 1.807) is 24.5 Å². The van der Waals surface area contributed by atoms with Crippen LogP contribution >= 0.6 is 0 Å². The smallest absolute Gasteiger partial charge is 0.303 e. The van der Waals surface area contributed by atoms with Gasteiger partial charge in [0, 0.05) is 31.3 Å². The molecule has 1 aliphatic rings. The summed E-state index contributed by atoms with van der Waals surface area (Å²) in [7, 11) is 1.89. The first-order valence-corrected chi connectivity index (χ1v) is 12.2. The molecule has 1 N–H and O–H groups in total. The molecule has 0 bridgehead atoms. The summed E-state index contributed by atoms with van der Waals surface area (Å²) >= 11 is 0. The molecule has 1 saturated carbocycles. The lowest BCUT2D eigenvalue weighted by molar-refractivity contribution is -0.138. The molecule has 184 valence electrons. The van der Waals surface area contributed by atoms with E-state index in [0.717, 1.165) is 48.1 Å². The summed E-state index contributed by atoms with van der Waals surface area (Å²) in [6.07, 6.45) is 7.08. The molecule has 5 rings (SSSR count). The maximum Gasteiger partial charge on any atom is 0.303 e. The number of benzene rings is 2. The van der Waals surface area contributed by atoms with Crippen molar-refractivity contribution in [3.05, 3.63) is 78.9 Å². The highest BCUT2D eigenvalue weighted by molar-refractivity contribution is 5.70. The molecular weight excluding hydrogens is 457 g/mol. The summed E-state index contributed by atoms with van der Waals surface area (Å²) in [6.45, 7) is 0. The van der Waals surface area contributed by atoms with Gasteiger partial charge >= 0.3 is 5.97 Å². The fraction of sp³-hybridized carbons (Fsp3) is 0.276. The average molecular weight is 486 g/mol. The highest BCUT2D eigenvalue weighted by Gasteiger charge is 2.24. The largest absolute Gasteiger partial charge is 0.481 e. The second-order valence-electron chi connectivity index (χ2n) is 9.33. The standard InChI is InChI=1S/C29H28FN3O3/c1-33-26(20-5-3-2-4-6-20)18-32-29(33)24-13-9-21(16-25(24)30)22-10-14-27(31-17-22)36-23-11-7-19(8-12-23)15-28(34)35/h2-6,9-10,13-14,16-19,23H,7-8,11-12,15H2,1H3,(H,34,35). The Morgan fingerprint density at radius 3 is 2.39 bits per heavy atom. The van der Waals surface area contributed by atoms with Gasteiger partial charge in [0.25, 0.3) is 0 Å². The van der Waals surface area contributed by atoms with Crippen LogP contribution < -0.4 is 4.74 Å². The molecule has 4 aromatic rings. The van der Waals surface area contributed by atoms with E-state index < -0.39 is 5.97 Å². The molecule has 1 fully saturated rings. The Hall–Kier alpha value is -4.00. The van der Waals surface area contributed by atoms with Crippen molar-refractivity contribution >= 4 is 5.97 Å². The SMILES string of the molecule is Cn1c(-c2ccccc2)cnc1-c1ccc(-c2ccc(OC3CCC(CC(=O)O)CC3)nc2)cc1F. The molecule has 0 unspecified atom stereocenters. The van der Waals surface area contributed by atoms with E-state index in [4.69, 9.17) is 9.84 Å². The first-order chi connectivity index (χ1) is 17.5. The summed E-state index contributed by atoms with van der Waals surface area (Å²) < 4.78 is 23.1. The molecule has 2 aromatic heterocycles. The molecular formula is C29H28FN3O3. The number of ether oxygens (including phenoxy) is 1. The van der Waals surface area contributed by atoms with E-state index >= 15 is 4.39 Å². The molecule has 0 spiro atoms. The topological polar surface area (TPSA) is 77.2 Å². The number of hydrogen-bond donors (Lipinski definition) is 1. The number of aromatic nitrogens is 3. The summed E-state index contributed by atoms with van der Waals surface area (Å²) in [5.41, 5.74) is 3.90. The average Bonchev–Trinajstić information content (AvgIpc) is 3.27. The van der Waals surface area contributed by atoms with Crippen molar-refractivity contribution in [1.82, 2.24) is 14.5 Å². The molecule has 1 aliphatic carbocycles. The number of carboxylic acid groups (broad SMARTS) is 1. The maximum absolute atomic E-state index is 15.2. The van der Waals surface area contributed by atoms with Crippen molar-refractivity contribution < 1.29 is 19.0 Å². The minimum absolute atomic E-state index is 0.0451. The molecule has 6 nitrogen and oxygen atoms in total. The second kappa shape index (κ2) is 10.3. The summed E-state index contributed by atoms with van der Waals surface area (Å²) in [5, 5.41) is 8.96. The Bertz CT molecular complexity index is 1340. The van der Waals surface area contributed by atoms with E-state index in [-0.39, 0.29) is 24.3 Å². The third-order valence-corrected chi connectivity index (χ3v) is 6.88. The molecule has 0 amide bonds. The highest BCUT2D eigenvalue weighted by atomic mass is 19.1. The zero-order valence-corrected chi connectivity index (χ0v) is 20.1. The third kappa shape index (κ3) is 5.15. The van der Waals surface area contributed by atoms with Crippen molar-refractivity contribution in [1.29, 1.82) is 0 Å². The van der Waals surface area contributed by atoms with E-state index in [9.17, 15) is 4.79 Å². The Labute approximate surface area is 209 Å². The van der Waals surface area contributed by atoms with Crippen molar-refractivity contribution in [3.8, 4) is 39.7 Å². The molecule has 7 heteroatoms. The van der Waals surface area contributed by atoms with E-state index in [1.165, 1.54) is 6.07 Å². The third-order valence-electron chi connectivity index (χ3n) is 6.88. The van der Waals surface area contributed by atoms with Gasteiger partial charge < -0.3 is 14.4 Å². The zero-order chi connectivity index (χ0) is 25.1. The van der Waals surface area contributed by atoms with Gasteiger partial charge in [-0.25, -0.2) is 14.4 Å².